The molecule has 1 fully saturated rings. The number of amides is 1. The van der Waals surface area contributed by atoms with Crippen LogP contribution in [-0.4, -0.2) is 50.2 Å². The molecule has 0 radical (unpaired) electrons. The highest BCUT2D eigenvalue weighted by Gasteiger charge is 2.06. The lowest BCUT2D eigenvalue weighted by molar-refractivity contribution is -0.139. The van der Waals surface area contributed by atoms with Gasteiger partial charge in [0.25, 0.3) is 0 Å². The Morgan fingerprint density at radius 3 is 1.04 bits per heavy atom. The van der Waals surface area contributed by atoms with Gasteiger partial charge in [0.2, 0.25) is 5.91 Å². The zero-order valence-corrected chi connectivity index (χ0v) is 38.1. The second-order valence-corrected chi connectivity index (χ2v) is 15.5. The van der Waals surface area contributed by atoms with Crippen molar-refractivity contribution in [2.45, 2.75) is 227 Å². The van der Waals surface area contributed by atoms with Crippen LogP contribution in [0.25, 0.3) is 0 Å². The molecule has 0 aromatic rings. The number of carbonyl (C=O) groups is 4. The van der Waals surface area contributed by atoms with Crippen molar-refractivity contribution in [1.82, 2.24) is 5.32 Å². The number of hydrogen-bond acceptors (Lipinski definition) is 7. The zero-order valence-electron chi connectivity index (χ0n) is 38.1. The van der Waals surface area contributed by atoms with Crippen molar-refractivity contribution in [1.29, 1.82) is 0 Å². The van der Waals surface area contributed by atoms with E-state index in [0.29, 0.717) is 31.0 Å². The highest BCUT2D eigenvalue weighted by Crippen LogP contribution is 2.14. The summed E-state index contributed by atoms with van der Waals surface area (Å²) in [6.07, 6.45) is 39.6. The third kappa shape index (κ3) is 53.1. The lowest BCUT2D eigenvalue weighted by Crippen LogP contribution is -2.12. The van der Waals surface area contributed by atoms with E-state index in [4.69, 9.17) is 9.47 Å². The summed E-state index contributed by atoms with van der Waals surface area (Å²) in [5.41, 5.74) is 0.980. The maximum Gasteiger partial charge on any atom is 0.333 e. The van der Waals surface area contributed by atoms with E-state index in [1.54, 1.807) is 13.8 Å². The Hall–Kier alpha value is -2.90. The number of hydrogen-bond donors (Lipinski definition) is 1. The fraction of sp³-hybridized carbons (Fsp3) is 0.796. The van der Waals surface area contributed by atoms with Gasteiger partial charge < -0.3 is 19.5 Å². The fourth-order valence-corrected chi connectivity index (χ4v) is 5.76. The molecule has 334 valence electrons. The number of esters is 3. The molecule has 1 amide bonds. The molecule has 8 heteroatoms. The van der Waals surface area contributed by atoms with Crippen molar-refractivity contribution in [2.24, 2.45) is 0 Å². The van der Waals surface area contributed by atoms with E-state index >= 15 is 0 Å². The molecule has 1 rings (SSSR count). The quantitative estimate of drug-likeness (QED) is 0.0298. The van der Waals surface area contributed by atoms with Crippen molar-refractivity contribution in [3.8, 4) is 0 Å². The summed E-state index contributed by atoms with van der Waals surface area (Å²) in [7, 11) is 0. The van der Waals surface area contributed by atoms with Gasteiger partial charge in [0.05, 0.1) is 19.8 Å². The molecule has 0 saturated carbocycles. The molecule has 0 bridgehead atoms. The second-order valence-electron chi connectivity index (χ2n) is 15.5. The van der Waals surface area contributed by atoms with E-state index in [-0.39, 0.29) is 23.8 Å². The summed E-state index contributed by atoms with van der Waals surface area (Å²) >= 11 is 0. The van der Waals surface area contributed by atoms with E-state index in [2.05, 4.69) is 43.6 Å². The Labute approximate surface area is 352 Å². The molecule has 0 aliphatic carbocycles. The third-order valence-electron chi connectivity index (χ3n) is 9.47. The minimum Gasteiger partial charge on any atom is -0.463 e. The second kappa shape index (κ2) is 49.2. The molecule has 0 unspecified atom stereocenters. The van der Waals surface area contributed by atoms with Crippen LogP contribution in [0.15, 0.2) is 37.0 Å². The van der Waals surface area contributed by atoms with E-state index in [0.717, 1.165) is 45.1 Å². The summed E-state index contributed by atoms with van der Waals surface area (Å²) in [6.45, 7) is 22.8. The van der Waals surface area contributed by atoms with Crippen LogP contribution in [0, 0.1) is 0 Å². The SMILES string of the molecule is C=C(C)C(=O)OCCCCCCCCCCCC.C=C(C)C(=O)OCCCCCCCCCCCCCCCCCC.C=CC(=O)OCCCC.O=C1CCCN1. The van der Waals surface area contributed by atoms with Crippen molar-refractivity contribution in [3.63, 3.8) is 0 Å². The molecule has 57 heavy (non-hydrogen) atoms. The normalized spacial score (nSPS) is 11.4. The monoisotopic (exact) mass is 806 g/mol. The molecule has 0 aromatic carbocycles. The highest BCUT2D eigenvalue weighted by molar-refractivity contribution is 5.87. The predicted octanol–water partition coefficient (Wildman–Crippen LogP) is 13.8. The lowest BCUT2D eigenvalue weighted by Gasteiger charge is -2.05. The Morgan fingerprint density at radius 2 is 0.807 bits per heavy atom. The van der Waals surface area contributed by atoms with Gasteiger partial charge in [-0.3, -0.25) is 4.79 Å². The smallest absolute Gasteiger partial charge is 0.333 e. The van der Waals surface area contributed by atoms with Gasteiger partial charge in [0.15, 0.2) is 0 Å². The largest absolute Gasteiger partial charge is 0.463 e. The maximum absolute atomic E-state index is 11.2. The first kappa shape index (κ1) is 58.4. The molecule has 1 heterocycles. The maximum atomic E-state index is 11.2. The molecular weight excluding hydrogens is 715 g/mol. The molecule has 0 aromatic heterocycles. The number of unbranched alkanes of at least 4 members (excludes halogenated alkanes) is 25. The summed E-state index contributed by atoms with van der Waals surface area (Å²) in [4.78, 5) is 42.7. The van der Waals surface area contributed by atoms with Gasteiger partial charge in [0.1, 0.15) is 0 Å². The zero-order chi connectivity index (χ0) is 43.0. The van der Waals surface area contributed by atoms with E-state index in [9.17, 15) is 19.2 Å². The standard InChI is InChI=1S/C22H42O2.C16H30O2.C7H12O2.C4H7NO/c1-4-5-6-7-8-9-10-11-12-13-14-15-16-17-18-19-20-24-22(23)21(2)3;1-4-5-6-7-8-9-10-11-12-13-14-18-16(17)15(2)3;1-3-5-6-9-7(8)4-2;6-4-2-1-3-5-4/h2,4-20H2,1,3H3;2,4-14H2,1,3H3;4H,2-3,5-6H2,1H3;1-3H2,(H,5,6). The fourth-order valence-electron chi connectivity index (χ4n) is 5.76. The van der Waals surface area contributed by atoms with Crippen LogP contribution in [0.4, 0.5) is 0 Å². The van der Waals surface area contributed by atoms with Crippen LogP contribution in [0.2, 0.25) is 0 Å². The number of nitrogens with one attached hydrogen (secondary N) is 1. The first-order chi connectivity index (χ1) is 27.6. The molecule has 1 N–H and O–H groups in total. The topological polar surface area (TPSA) is 108 Å². The van der Waals surface area contributed by atoms with Gasteiger partial charge >= 0.3 is 17.9 Å². The van der Waals surface area contributed by atoms with Crippen LogP contribution in [0.1, 0.15) is 227 Å². The molecule has 1 aliphatic rings. The van der Waals surface area contributed by atoms with E-state index in [1.807, 2.05) is 6.92 Å². The Balaban J connectivity index is -0.000000765. The van der Waals surface area contributed by atoms with Crippen molar-refractivity contribution in [3.05, 3.63) is 37.0 Å². The summed E-state index contributed by atoms with van der Waals surface area (Å²) in [5.74, 6) is -0.639. The van der Waals surface area contributed by atoms with Crippen LogP contribution in [-0.2, 0) is 33.4 Å². The Kier molecular flexibility index (Phi) is 50.5. The Bertz CT molecular complexity index is 969. The van der Waals surface area contributed by atoms with Gasteiger partial charge in [-0.2, -0.15) is 0 Å². The molecule has 0 atom stereocenters. The third-order valence-corrected chi connectivity index (χ3v) is 9.47. The first-order valence-electron chi connectivity index (χ1n) is 23.3. The average Bonchev–Trinajstić information content (AvgIpc) is 3.69. The van der Waals surface area contributed by atoms with Crippen LogP contribution >= 0.6 is 0 Å². The molecular formula is C49H91NO7. The highest BCUT2D eigenvalue weighted by atomic mass is 16.5. The number of rotatable bonds is 34. The summed E-state index contributed by atoms with van der Waals surface area (Å²) in [6, 6.07) is 0. The van der Waals surface area contributed by atoms with Crippen molar-refractivity contribution >= 4 is 23.8 Å². The van der Waals surface area contributed by atoms with Crippen LogP contribution < -0.4 is 5.32 Å². The van der Waals surface area contributed by atoms with Crippen LogP contribution in [0.3, 0.4) is 0 Å². The van der Waals surface area contributed by atoms with Gasteiger partial charge in [-0.25, -0.2) is 14.4 Å². The predicted molar refractivity (Wildman–Crippen MR) is 241 cm³/mol. The van der Waals surface area contributed by atoms with Gasteiger partial charge in [-0.1, -0.05) is 201 Å². The summed E-state index contributed by atoms with van der Waals surface area (Å²) in [5, 5.41) is 2.68. The summed E-state index contributed by atoms with van der Waals surface area (Å²) < 4.78 is 14.8. The van der Waals surface area contributed by atoms with E-state index in [1.165, 1.54) is 160 Å². The Morgan fingerprint density at radius 1 is 0.509 bits per heavy atom. The minimum absolute atomic E-state index is 0.204. The lowest BCUT2D eigenvalue weighted by atomic mass is 10.0. The average molecular weight is 806 g/mol. The van der Waals surface area contributed by atoms with Crippen molar-refractivity contribution in [2.75, 3.05) is 26.4 Å². The van der Waals surface area contributed by atoms with Crippen LogP contribution in [0.5, 0.6) is 0 Å². The molecule has 1 aliphatic heterocycles. The van der Waals surface area contributed by atoms with E-state index < -0.39 is 0 Å². The van der Waals surface area contributed by atoms with Gasteiger partial charge in [-0.05, 0) is 39.5 Å². The number of ether oxygens (including phenoxy) is 3. The molecule has 0 spiro atoms. The van der Waals surface area contributed by atoms with Gasteiger partial charge in [0, 0.05) is 30.2 Å². The van der Waals surface area contributed by atoms with Crippen molar-refractivity contribution < 1.29 is 33.4 Å². The van der Waals surface area contributed by atoms with Gasteiger partial charge in [-0.15, -0.1) is 0 Å². The molecule has 1 saturated heterocycles. The molecule has 8 nitrogen and oxygen atoms in total. The minimum atomic E-state index is -0.330. The number of carbonyl (C=O) groups excluding carboxylic acids is 4. The first-order valence-corrected chi connectivity index (χ1v) is 23.3.